The lowest BCUT2D eigenvalue weighted by atomic mass is 9.87. The van der Waals surface area contributed by atoms with Gasteiger partial charge >= 0.3 is 5.97 Å². The number of hydrogen-bond acceptors (Lipinski definition) is 4. The van der Waals surface area contributed by atoms with Gasteiger partial charge in [-0.1, -0.05) is 51.1 Å². The minimum atomic E-state index is -0.701. The molecule has 1 atom stereocenters. The SMILES string of the molecule is CCOC(=O)C(N)Cc1ccccc1Oc1ccc(C(C)(C)C)cc1. The first-order valence-electron chi connectivity index (χ1n) is 8.59. The van der Waals surface area contributed by atoms with Crippen LogP contribution in [-0.4, -0.2) is 18.6 Å². The van der Waals surface area contributed by atoms with Gasteiger partial charge in [-0.3, -0.25) is 4.79 Å². The van der Waals surface area contributed by atoms with E-state index in [4.69, 9.17) is 15.2 Å². The summed E-state index contributed by atoms with van der Waals surface area (Å²) >= 11 is 0. The van der Waals surface area contributed by atoms with E-state index >= 15 is 0 Å². The van der Waals surface area contributed by atoms with Crippen LogP contribution in [0.15, 0.2) is 48.5 Å². The fraction of sp³-hybridized carbons (Fsp3) is 0.381. The highest BCUT2D eigenvalue weighted by Crippen LogP contribution is 2.29. The summed E-state index contributed by atoms with van der Waals surface area (Å²) in [5, 5.41) is 0. The molecule has 134 valence electrons. The molecule has 2 N–H and O–H groups in total. The third-order valence-corrected chi connectivity index (χ3v) is 3.95. The van der Waals surface area contributed by atoms with E-state index in [9.17, 15) is 4.79 Å². The Morgan fingerprint density at radius 2 is 1.72 bits per heavy atom. The predicted octanol–water partition coefficient (Wildman–Crippen LogP) is 4.21. The van der Waals surface area contributed by atoms with E-state index in [1.54, 1.807) is 6.92 Å². The Bertz CT molecular complexity index is 702. The van der Waals surface area contributed by atoms with Crippen LogP contribution in [0.3, 0.4) is 0 Å². The van der Waals surface area contributed by atoms with Gasteiger partial charge in [0.05, 0.1) is 6.61 Å². The average molecular weight is 341 g/mol. The maximum absolute atomic E-state index is 11.8. The molecule has 0 aromatic heterocycles. The highest BCUT2D eigenvalue weighted by molar-refractivity contribution is 5.76. The summed E-state index contributed by atoms with van der Waals surface area (Å²) in [6.07, 6.45) is 0.370. The molecule has 4 heteroatoms. The number of nitrogens with two attached hydrogens (primary N) is 1. The summed E-state index contributed by atoms with van der Waals surface area (Å²) in [4.78, 5) is 11.8. The Balaban J connectivity index is 2.14. The maximum atomic E-state index is 11.8. The molecule has 0 bridgehead atoms. The molecular weight excluding hydrogens is 314 g/mol. The smallest absolute Gasteiger partial charge is 0.323 e. The quantitative estimate of drug-likeness (QED) is 0.800. The van der Waals surface area contributed by atoms with Gasteiger partial charge in [-0.15, -0.1) is 0 Å². The normalized spacial score (nSPS) is 12.5. The van der Waals surface area contributed by atoms with Gasteiger partial charge in [0.1, 0.15) is 17.5 Å². The summed E-state index contributed by atoms with van der Waals surface area (Å²) in [5.74, 6) is 1.06. The van der Waals surface area contributed by atoms with Crippen molar-refractivity contribution in [3.8, 4) is 11.5 Å². The van der Waals surface area contributed by atoms with Gasteiger partial charge in [-0.05, 0) is 41.7 Å². The first kappa shape index (κ1) is 19.0. The summed E-state index contributed by atoms with van der Waals surface area (Å²) < 4.78 is 11.0. The molecule has 2 aromatic carbocycles. The zero-order chi connectivity index (χ0) is 18.4. The van der Waals surface area contributed by atoms with Crippen LogP contribution in [0.5, 0.6) is 11.5 Å². The molecule has 0 amide bonds. The highest BCUT2D eigenvalue weighted by Gasteiger charge is 2.18. The van der Waals surface area contributed by atoms with Crippen LogP contribution in [0.2, 0.25) is 0 Å². The topological polar surface area (TPSA) is 61.5 Å². The second-order valence-corrected chi connectivity index (χ2v) is 7.05. The largest absolute Gasteiger partial charge is 0.465 e. The first-order valence-corrected chi connectivity index (χ1v) is 8.59. The molecule has 0 heterocycles. The van der Waals surface area contributed by atoms with Crippen molar-refractivity contribution in [3.05, 3.63) is 59.7 Å². The van der Waals surface area contributed by atoms with E-state index in [0.29, 0.717) is 18.8 Å². The number of carbonyl (C=O) groups excluding carboxylic acids is 1. The standard InChI is InChI=1S/C21H27NO3/c1-5-24-20(23)18(22)14-15-8-6-7-9-19(15)25-17-12-10-16(11-13-17)21(2,3)4/h6-13,18H,5,14,22H2,1-4H3. The number of para-hydroxylation sites is 1. The van der Waals surface area contributed by atoms with Gasteiger partial charge in [0, 0.05) is 6.42 Å². The van der Waals surface area contributed by atoms with Crippen LogP contribution in [-0.2, 0) is 21.4 Å². The molecule has 0 fully saturated rings. The van der Waals surface area contributed by atoms with E-state index in [1.165, 1.54) is 5.56 Å². The van der Waals surface area contributed by atoms with E-state index in [-0.39, 0.29) is 5.41 Å². The Kier molecular flexibility index (Phi) is 6.21. The van der Waals surface area contributed by atoms with Crippen LogP contribution in [0, 0.1) is 0 Å². The lowest BCUT2D eigenvalue weighted by molar-refractivity contribution is -0.144. The molecule has 0 aliphatic carbocycles. The number of carbonyl (C=O) groups is 1. The molecule has 0 saturated carbocycles. The summed E-state index contributed by atoms with van der Waals surface area (Å²) in [6, 6.07) is 15.0. The second-order valence-electron chi connectivity index (χ2n) is 7.05. The molecule has 1 unspecified atom stereocenters. The van der Waals surface area contributed by atoms with Crippen LogP contribution in [0.1, 0.15) is 38.8 Å². The molecule has 2 rings (SSSR count). The molecule has 0 aliphatic heterocycles. The van der Waals surface area contributed by atoms with Crippen molar-refractivity contribution in [2.45, 2.75) is 45.6 Å². The molecular formula is C21H27NO3. The molecule has 0 saturated heterocycles. The second kappa shape index (κ2) is 8.17. The van der Waals surface area contributed by atoms with Gasteiger partial charge in [0.15, 0.2) is 0 Å². The van der Waals surface area contributed by atoms with Gasteiger partial charge in [-0.25, -0.2) is 0 Å². The number of ether oxygens (including phenoxy) is 2. The highest BCUT2D eigenvalue weighted by atomic mass is 16.5. The van der Waals surface area contributed by atoms with Crippen molar-refractivity contribution in [3.63, 3.8) is 0 Å². The number of hydrogen-bond donors (Lipinski definition) is 1. The fourth-order valence-electron chi connectivity index (χ4n) is 2.49. The molecule has 2 aromatic rings. The molecule has 25 heavy (non-hydrogen) atoms. The van der Waals surface area contributed by atoms with E-state index in [2.05, 4.69) is 32.9 Å². The zero-order valence-electron chi connectivity index (χ0n) is 15.4. The third-order valence-electron chi connectivity index (χ3n) is 3.95. The lowest BCUT2D eigenvalue weighted by Gasteiger charge is -2.19. The molecule has 4 nitrogen and oxygen atoms in total. The van der Waals surface area contributed by atoms with Crippen molar-refractivity contribution in [1.82, 2.24) is 0 Å². The van der Waals surface area contributed by atoms with Crippen LogP contribution in [0.25, 0.3) is 0 Å². The Hall–Kier alpha value is -2.33. The first-order chi connectivity index (χ1) is 11.8. The van der Waals surface area contributed by atoms with Crippen LogP contribution >= 0.6 is 0 Å². The van der Waals surface area contributed by atoms with Crippen molar-refractivity contribution >= 4 is 5.97 Å². The van der Waals surface area contributed by atoms with Crippen molar-refractivity contribution in [2.24, 2.45) is 5.73 Å². The zero-order valence-corrected chi connectivity index (χ0v) is 15.4. The van der Waals surface area contributed by atoms with Crippen molar-refractivity contribution in [2.75, 3.05) is 6.61 Å². The third kappa shape index (κ3) is 5.33. The van der Waals surface area contributed by atoms with Crippen LogP contribution in [0.4, 0.5) is 0 Å². The van der Waals surface area contributed by atoms with Crippen molar-refractivity contribution < 1.29 is 14.3 Å². The van der Waals surface area contributed by atoms with Gasteiger partial charge in [0.25, 0.3) is 0 Å². The Labute approximate surface area is 150 Å². The van der Waals surface area contributed by atoms with Crippen LogP contribution < -0.4 is 10.5 Å². The summed E-state index contributed by atoms with van der Waals surface area (Å²) in [7, 11) is 0. The van der Waals surface area contributed by atoms with E-state index in [0.717, 1.165) is 11.3 Å². The van der Waals surface area contributed by atoms with Gasteiger partial charge in [-0.2, -0.15) is 0 Å². The molecule has 0 radical (unpaired) electrons. The van der Waals surface area contributed by atoms with E-state index < -0.39 is 12.0 Å². The number of benzene rings is 2. The molecule has 0 aliphatic rings. The van der Waals surface area contributed by atoms with E-state index in [1.807, 2.05) is 36.4 Å². The lowest BCUT2D eigenvalue weighted by Crippen LogP contribution is -2.34. The summed E-state index contributed by atoms with van der Waals surface area (Å²) in [6.45, 7) is 8.62. The minimum Gasteiger partial charge on any atom is -0.465 e. The average Bonchev–Trinajstić information content (AvgIpc) is 2.56. The predicted molar refractivity (Wildman–Crippen MR) is 100.0 cm³/mol. The fourth-order valence-corrected chi connectivity index (χ4v) is 2.49. The van der Waals surface area contributed by atoms with Gasteiger partial charge < -0.3 is 15.2 Å². The van der Waals surface area contributed by atoms with Crippen molar-refractivity contribution in [1.29, 1.82) is 0 Å². The minimum absolute atomic E-state index is 0.100. The number of rotatable bonds is 6. The number of esters is 1. The summed E-state index contributed by atoms with van der Waals surface area (Å²) in [5.41, 5.74) is 8.16. The molecule has 0 spiro atoms. The maximum Gasteiger partial charge on any atom is 0.323 e. The Morgan fingerprint density at radius 3 is 2.32 bits per heavy atom. The monoisotopic (exact) mass is 341 g/mol. The Morgan fingerprint density at radius 1 is 1.08 bits per heavy atom. The van der Waals surface area contributed by atoms with Gasteiger partial charge in [0.2, 0.25) is 0 Å².